The fraction of sp³-hybridized carbons (Fsp3) is 0.294. The maximum absolute atomic E-state index is 11.6. The Morgan fingerprint density at radius 1 is 1.12 bits per heavy atom. The van der Waals surface area contributed by atoms with Crippen molar-refractivity contribution >= 4 is 15.7 Å². The summed E-state index contributed by atoms with van der Waals surface area (Å²) in [6, 6.07) is 14.1. The van der Waals surface area contributed by atoms with E-state index in [0.717, 1.165) is 11.8 Å². The average molecular weight is 351 g/mol. The Labute approximate surface area is 141 Å². The average Bonchev–Trinajstić information content (AvgIpc) is 2.52. The number of ether oxygens (including phenoxy) is 1. The predicted octanol–water partition coefficient (Wildman–Crippen LogP) is 2.05. The molecule has 0 amide bonds. The maximum atomic E-state index is 11.6. The molecule has 2 aromatic rings. The van der Waals surface area contributed by atoms with Gasteiger partial charge in [-0.2, -0.15) is 0 Å². The molecule has 0 bridgehead atoms. The SMILES string of the molecule is CC(O)[C@H](O)c1ccc(OCc2ccccc2)c(NS(C)(=O)=O)c1. The van der Waals surface area contributed by atoms with Crippen LogP contribution in [0.15, 0.2) is 48.5 Å². The lowest BCUT2D eigenvalue weighted by atomic mass is 10.0. The summed E-state index contributed by atoms with van der Waals surface area (Å²) in [5.41, 5.74) is 1.55. The van der Waals surface area contributed by atoms with Gasteiger partial charge in [-0.1, -0.05) is 36.4 Å². The van der Waals surface area contributed by atoms with Crippen molar-refractivity contribution in [3.05, 3.63) is 59.7 Å². The predicted molar refractivity (Wildman–Crippen MR) is 92.3 cm³/mol. The Morgan fingerprint density at radius 2 is 1.79 bits per heavy atom. The van der Waals surface area contributed by atoms with E-state index in [1.54, 1.807) is 12.1 Å². The van der Waals surface area contributed by atoms with Crippen LogP contribution in [-0.2, 0) is 16.6 Å². The first kappa shape index (κ1) is 18.3. The molecule has 0 saturated carbocycles. The Morgan fingerprint density at radius 3 is 2.38 bits per heavy atom. The summed E-state index contributed by atoms with van der Waals surface area (Å²) in [7, 11) is -3.52. The van der Waals surface area contributed by atoms with Crippen LogP contribution in [0.1, 0.15) is 24.2 Å². The second-order valence-electron chi connectivity index (χ2n) is 5.59. The smallest absolute Gasteiger partial charge is 0.229 e. The quantitative estimate of drug-likeness (QED) is 0.709. The molecule has 0 aromatic heterocycles. The van der Waals surface area contributed by atoms with Gasteiger partial charge in [0, 0.05) is 0 Å². The van der Waals surface area contributed by atoms with Crippen LogP contribution in [0.25, 0.3) is 0 Å². The van der Waals surface area contributed by atoms with Gasteiger partial charge < -0.3 is 14.9 Å². The molecule has 130 valence electrons. The lowest BCUT2D eigenvalue weighted by Gasteiger charge is -2.18. The van der Waals surface area contributed by atoms with Crippen molar-refractivity contribution in [1.82, 2.24) is 0 Å². The molecule has 2 aromatic carbocycles. The molecule has 0 aliphatic carbocycles. The van der Waals surface area contributed by atoms with Crippen LogP contribution in [0.5, 0.6) is 5.75 Å². The molecule has 24 heavy (non-hydrogen) atoms. The summed E-state index contributed by atoms with van der Waals surface area (Å²) in [5.74, 6) is 0.339. The molecule has 2 rings (SSSR count). The van der Waals surface area contributed by atoms with Crippen molar-refractivity contribution in [3.63, 3.8) is 0 Å². The van der Waals surface area contributed by atoms with Crippen LogP contribution in [-0.4, -0.2) is 31.0 Å². The molecule has 0 fully saturated rings. The number of aliphatic hydroxyl groups excluding tert-OH is 2. The number of benzene rings is 2. The van der Waals surface area contributed by atoms with Crippen molar-refractivity contribution < 1.29 is 23.4 Å². The van der Waals surface area contributed by atoms with E-state index in [0.29, 0.717) is 11.3 Å². The van der Waals surface area contributed by atoms with E-state index in [1.165, 1.54) is 13.0 Å². The van der Waals surface area contributed by atoms with Crippen molar-refractivity contribution in [2.45, 2.75) is 25.7 Å². The van der Waals surface area contributed by atoms with E-state index < -0.39 is 22.2 Å². The Hall–Kier alpha value is -2.09. The number of nitrogens with one attached hydrogen (secondary N) is 1. The van der Waals surface area contributed by atoms with Gasteiger partial charge in [-0.05, 0) is 30.2 Å². The zero-order valence-electron chi connectivity index (χ0n) is 13.5. The van der Waals surface area contributed by atoms with E-state index in [4.69, 9.17) is 4.74 Å². The summed E-state index contributed by atoms with van der Waals surface area (Å²) in [5, 5.41) is 19.5. The molecule has 3 N–H and O–H groups in total. The first-order valence-corrected chi connectivity index (χ1v) is 9.30. The highest BCUT2D eigenvalue weighted by Gasteiger charge is 2.17. The van der Waals surface area contributed by atoms with Crippen LogP contribution in [0.3, 0.4) is 0 Å². The molecule has 0 heterocycles. The minimum atomic E-state index is -3.52. The van der Waals surface area contributed by atoms with Crippen molar-refractivity contribution in [2.24, 2.45) is 0 Å². The zero-order valence-corrected chi connectivity index (χ0v) is 14.3. The van der Waals surface area contributed by atoms with Crippen molar-refractivity contribution in [2.75, 3.05) is 11.0 Å². The number of anilines is 1. The Kier molecular flexibility index (Phi) is 5.82. The highest BCUT2D eigenvalue weighted by atomic mass is 32.2. The fourth-order valence-electron chi connectivity index (χ4n) is 2.15. The normalized spacial score (nSPS) is 14.0. The molecule has 6 nitrogen and oxygen atoms in total. The van der Waals surface area contributed by atoms with Gasteiger partial charge in [-0.3, -0.25) is 4.72 Å². The van der Waals surface area contributed by atoms with Crippen molar-refractivity contribution in [3.8, 4) is 5.75 Å². The third-order valence-corrected chi connectivity index (χ3v) is 3.93. The molecule has 0 saturated heterocycles. The third kappa shape index (κ3) is 5.23. The first-order chi connectivity index (χ1) is 11.3. The van der Waals surface area contributed by atoms with Gasteiger partial charge in [0.25, 0.3) is 0 Å². The van der Waals surface area contributed by atoms with E-state index >= 15 is 0 Å². The van der Waals surface area contributed by atoms with Crippen LogP contribution >= 0.6 is 0 Å². The van der Waals surface area contributed by atoms with E-state index in [9.17, 15) is 18.6 Å². The molecule has 0 aliphatic heterocycles. The van der Waals surface area contributed by atoms with Gasteiger partial charge in [-0.25, -0.2) is 8.42 Å². The summed E-state index contributed by atoms with van der Waals surface area (Å²) < 4.78 is 31.2. The summed E-state index contributed by atoms with van der Waals surface area (Å²) in [6.07, 6.45) is -1.06. The second-order valence-corrected chi connectivity index (χ2v) is 7.34. The monoisotopic (exact) mass is 351 g/mol. The Bertz CT molecular complexity index is 775. The van der Waals surface area contributed by atoms with Gasteiger partial charge in [0.15, 0.2) is 0 Å². The van der Waals surface area contributed by atoms with Crippen LogP contribution < -0.4 is 9.46 Å². The number of hydrogen-bond donors (Lipinski definition) is 3. The molecule has 7 heteroatoms. The van der Waals surface area contributed by atoms with Gasteiger partial charge in [0.2, 0.25) is 10.0 Å². The lowest BCUT2D eigenvalue weighted by Crippen LogP contribution is -2.15. The zero-order chi connectivity index (χ0) is 17.7. The topological polar surface area (TPSA) is 95.9 Å². The van der Waals surface area contributed by atoms with E-state index in [-0.39, 0.29) is 12.3 Å². The standard InChI is InChI=1S/C17H21NO5S/c1-12(19)17(20)14-8-9-16(15(10-14)18-24(2,21)22)23-11-13-6-4-3-5-7-13/h3-10,12,17-20H,11H2,1-2H3/t12?,17-/m0/s1. The maximum Gasteiger partial charge on any atom is 0.229 e. The summed E-state index contributed by atoms with van der Waals surface area (Å²) >= 11 is 0. The largest absolute Gasteiger partial charge is 0.487 e. The third-order valence-electron chi connectivity index (χ3n) is 3.33. The van der Waals surface area contributed by atoms with Crippen LogP contribution in [0.2, 0.25) is 0 Å². The highest BCUT2D eigenvalue weighted by Crippen LogP contribution is 2.30. The fourth-order valence-corrected chi connectivity index (χ4v) is 2.71. The number of aliphatic hydroxyl groups is 2. The van der Waals surface area contributed by atoms with Gasteiger partial charge in [-0.15, -0.1) is 0 Å². The molecule has 0 aliphatic rings. The minimum Gasteiger partial charge on any atom is -0.487 e. The van der Waals surface area contributed by atoms with Gasteiger partial charge in [0.05, 0.1) is 18.0 Å². The van der Waals surface area contributed by atoms with Crippen LogP contribution in [0, 0.1) is 0 Å². The highest BCUT2D eigenvalue weighted by molar-refractivity contribution is 7.92. The molecule has 2 atom stereocenters. The number of rotatable bonds is 7. The molecule has 0 radical (unpaired) electrons. The summed E-state index contributed by atoms with van der Waals surface area (Å²) in [4.78, 5) is 0. The second kappa shape index (κ2) is 7.65. The minimum absolute atomic E-state index is 0.214. The molecular weight excluding hydrogens is 330 g/mol. The Balaban J connectivity index is 2.28. The van der Waals surface area contributed by atoms with Crippen molar-refractivity contribution in [1.29, 1.82) is 0 Å². The molecular formula is C17H21NO5S. The van der Waals surface area contributed by atoms with E-state index in [2.05, 4.69) is 4.72 Å². The number of hydrogen-bond acceptors (Lipinski definition) is 5. The van der Waals surface area contributed by atoms with Gasteiger partial charge in [0.1, 0.15) is 18.5 Å². The van der Waals surface area contributed by atoms with Gasteiger partial charge >= 0.3 is 0 Å². The van der Waals surface area contributed by atoms with E-state index in [1.807, 2.05) is 30.3 Å². The van der Waals surface area contributed by atoms with Crippen LogP contribution in [0.4, 0.5) is 5.69 Å². The molecule has 1 unspecified atom stereocenters. The number of sulfonamides is 1. The molecule has 0 spiro atoms. The first-order valence-electron chi connectivity index (χ1n) is 7.41. The lowest BCUT2D eigenvalue weighted by molar-refractivity contribution is 0.0305. The summed E-state index contributed by atoms with van der Waals surface area (Å²) in [6.45, 7) is 1.73.